The van der Waals surface area contributed by atoms with Crippen LogP contribution in [0.4, 0.5) is 17.1 Å². The largest absolute Gasteiger partial charge is 0.310 e. The van der Waals surface area contributed by atoms with Crippen molar-refractivity contribution in [3.05, 3.63) is 191 Å². The minimum atomic E-state index is -0.157. The first-order valence-corrected chi connectivity index (χ1v) is 18.6. The Morgan fingerprint density at radius 1 is 0.491 bits per heavy atom. The van der Waals surface area contributed by atoms with Crippen LogP contribution in [0.2, 0.25) is 0 Å². The summed E-state index contributed by atoms with van der Waals surface area (Å²) in [6.07, 6.45) is 4.56. The van der Waals surface area contributed by atoms with Gasteiger partial charge in [0.05, 0.1) is 11.0 Å². The number of hydrogen-bond acceptors (Lipinski definition) is 1. The highest BCUT2D eigenvalue weighted by Gasteiger charge is 2.36. The molecule has 0 amide bonds. The molecule has 0 atom stereocenters. The van der Waals surface area contributed by atoms with Crippen molar-refractivity contribution in [3.8, 4) is 16.8 Å². The van der Waals surface area contributed by atoms with E-state index in [1.54, 1.807) is 0 Å². The van der Waals surface area contributed by atoms with E-state index >= 15 is 0 Å². The molecule has 2 heteroatoms. The van der Waals surface area contributed by atoms with Crippen LogP contribution in [0, 0.1) is 13.8 Å². The summed E-state index contributed by atoms with van der Waals surface area (Å²) in [7, 11) is 0. The summed E-state index contributed by atoms with van der Waals surface area (Å²) in [6.45, 7) is 9.16. The molecule has 2 nitrogen and oxygen atoms in total. The zero-order valence-electron chi connectivity index (χ0n) is 30.6. The van der Waals surface area contributed by atoms with Gasteiger partial charge in [0.25, 0.3) is 0 Å². The fourth-order valence-corrected chi connectivity index (χ4v) is 8.88. The molecular formula is C51H40N2. The van der Waals surface area contributed by atoms with Gasteiger partial charge in [-0.2, -0.15) is 0 Å². The van der Waals surface area contributed by atoms with Crippen molar-refractivity contribution in [2.45, 2.75) is 33.1 Å². The monoisotopic (exact) mass is 680 g/mol. The molecule has 9 aromatic rings. The summed E-state index contributed by atoms with van der Waals surface area (Å²) in [4.78, 5) is 2.43. The molecule has 1 aliphatic rings. The van der Waals surface area contributed by atoms with Gasteiger partial charge in [-0.1, -0.05) is 129 Å². The van der Waals surface area contributed by atoms with Crippen molar-refractivity contribution in [1.29, 1.82) is 0 Å². The van der Waals surface area contributed by atoms with Gasteiger partial charge >= 0.3 is 0 Å². The summed E-state index contributed by atoms with van der Waals surface area (Å²) in [5, 5.41) is 5.22. The van der Waals surface area contributed by atoms with Gasteiger partial charge in [0.2, 0.25) is 0 Å². The average Bonchev–Trinajstić information content (AvgIpc) is 3.63. The molecule has 1 heterocycles. The molecule has 8 aromatic carbocycles. The van der Waals surface area contributed by atoms with Crippen LogP contribution in [-0.2, 0) is 5.41 Å². The third-order valence-electron chi connectivity index (χ3n) is 11.6. The van der Waals surface area contributed by atoms with Gasteiger partial charge in [-0.25, -0.2) is 0 Å². The van der Waals surface area contributed by atoms with Gasteiger partial charge in [-0.05, 0) is 124 Å². The first kappa shape index (κ1) is 31.4. The maximum absolute atomic E-state index is 2.43. The number of aromatic nitrogens is 1. The molecule has 1 aromatic heterocycles. The number of para-hydroxylation sites is 3. The third kappa shape index (κ3) is 4.86. The molecule has 0 spiro atoms. The number of fused-ring (bicyclic) bond motifs is 3. The van der Waals surface area contributed by atoms with Crippen LogP contribution < -0.4 is 4.90 Å². The molecule has 53 heavy (non-hydrogen) atoms. The van der Waals surface area contributed by atoms with E-state index in [9.17, 15) is 0 Å². The second-order valence-corrected chi connectivity index (χ2v) is 15.2. The van der Waals surface area contributed by atoms with E-state index in [4.69, 9.17) is 0 Å². The highest BCUT2D eigenvalue weighted by molar-refractivity contribution is 6.24. The summed E-state index contributed by atoms with van der Waals surface area (Å²) >= 11 is 0. The van der Waals surface area contributed by atoms with Crippen molar-refractivity contribution in [3.63, 3.8) is 0 Å². The quantitative estimate of drug-likeness (QED) is 0.125. The van der Waals surface area contributed by atoms with Gasteiger partial charge < -0.3 is 9.47 Å². The van der Waals surface area contributed by atoms with Crippen LogP contribution >= 0.6 is 0 Å². The summed E-state index contributed by atoms with van der Waals surface area (Å²) < 4.78 is 2.42. The molecular weight excluding hydrogens is 641 g/mol. The first-order chi connectivity index (χ1) is 25.9. The number of nitrogens with zero attached hydrogens (tertiary/aromatic N) is 2. The Balaban J connectivity index is 1.04. The Hall–Kier alpha value is -6.38. The van der Waals surface area contributed by atoms with E-state index in [0.29, 0.717) is 0 Å². The fraction of sp³-hybridized carbons (Fsp3) is 0.0980. The highest BCUT2D eigenvalue weighted by atomic mass is 15.1. The number of anilines is 3. The average molecular weight is 681 g/mol. The molecule has 0 saturated heterocycles. The van der Waals surface area contributed by atoms with Crippen LogP contribution in [0.3, 0.4) is 0 Å². The lowest BCUT2D eigenvalue weighted by Crippen LogP contribution is -2.17. The van der Waals surface area contributed by atoms with Gasteiger partial charge in [-0.15, -0.1) is 0 Å². The smallest absolute Gasteiger partial charge is 0.0553 e. The summed E-state index contributed by atoms with van der Waals surface area (Å²) in [6, 6.07) is 58.1. The van der Waals surface area contributed by atoms with Gasteiger partial charge in [0.15, 0.2) is 0 Å². The van der Waals surface area contributed by atoms with Crippen molar-refractivity contribution in [1.82, 2.24) is 4.57 Å². The second kappa shape index (κ2) is 11.8. The molecule has 1 aliphatic carbocycles. The molecule has 0 radical (unpaired) electrons. The standard InChI is InChI=1S/C51H40N2/c1-33-13-8-10-18-45(33)53(46-19-11-9-14-34(46)2)40-26-28-42-41-27-23-35(30-43(41)51(3,4)44(42)32-40)21-22-36-29-38-25-24-37-15-12-20-47-49(37)50(38)48(31-36)52(47)39-16-6-5-7-17-39/h5-32H,1-4H3/b22-21+. The Morgan fingerprint density at radius 2 is 1.11 bits per heavy atom. The van der Waals surface area contributed by atoms with Crippen LogP contribution in [-0.4, -0.2) is 4.57 Å². The van der Waals surface area contributed by atoms with E-state index < -0.39 is 0 Å². The van der Waals surface area contributed by atoms with Crippen LogP contribution in [0.5, 0.6) is 0 Å². The maximum atomic E-state index is 2.43. The number of hydrogen-bond donors (Lipinski definition) is 0. The third-order valence-corrected chi connectivity index (χ3v) is 11.6. The Kier molecular flexibility index (Phi) is 7.00. The predicted octanol–water partition coefficient (Wildman–Crippen LogP) is 13.9. The fourth-order valence-electron chi connectivity index (χ4n) is 8.88. The Morgan fingerprint density at radius 3 is 1.85 bits per heavy atom. The zero-order chi connectivity index (χ0) is 35.8. The van der Waals surface area contributed by atoms with Crippen molar-refractivity contribution in [2.24, 2.45) is 0 Å². The molecule has 10 rings (SSSR count). The van der Waals surface area contributed by atoms with E-state index in [-0.39, 0.29) is 5.41 Å². The van der Waals surface area contributed by atoms with E-state index in [0.717, 1.165) is 0 Å². The predicted molar refractivity (Wildman–Crippen MR) is 227 cm³/mol. The summed E-state index contributed by atoms with van der Waals surface area (Å²) in [5.41, 5.74) is 17.4. The number of aryl methyl sites for hydroxylation is 2. The van der Waals surface area contributed by atoms with Crippen molar-refractivity contribution >= 4 is 61.8 Å². The van der Waals surface area contributed by atoms with Gasteiger partial charge in [0.1, 0.15) is 0 Å². The van der Waals surface area contributed by atoms with Crippen molar-refractivity contribution in [2.75, 3.05) is 4.90 Å². The molecule has 0 fully saturated rings. The van der Waals surface area contributed by atoms with E-state index in [1.165, 1.54) is 99.8 Å². The molecule has 254 valence electrons. The van der Waals surface area contributed by atoms with Gasteiger partial charge in [0, 0.05) is 38.9 Å². The zero-order valence-corrected chi connectivity index (χ0v) is 30.6. The Labute approximate surface area is 311 Å². The molecule has 0 aliphatic heterocycles. The second-order valence-electron chi connectivity index (χ2n) is 15.2. The highest BCUT2D eigenvalue weighted by Crippen LogP contribution is 2.51. The van der Waals surface area contributed by atoms with Gasteiger partial charge in [-0.3, -0.25) is 0 Å². The normalized spacial score (nSPS) is 13.4. The lowest BCUT2D eigenvalue weighted by molar-refractivity contribution is 0.660. The molecule has 0 unspecified atom stereocenters. The summed E-state index contributed by atoms with van der Waals surface area (Å²) in [5.74, 6) is 0. The van der Waals surface area contributed by atoms with Crippen LogP contribution in [0.15, 0.2) is 158 Å². The minimum Gasteiger partial charge on any atom is -0.310 e. The first-order valence-electron chi connectivity index (χ1n) is 18.6. The Bertz CT molecular complexity index is 2840. The van der Waals surface area contributed by atoms with E-state index in [2.05, 4.69) is 207 Å². The van der Waals surface area contributed by atoms with E-state index in [1.807, 2.05) is 0 Å². The van der Waals surface area contributed by atoms with Crippen molar-refractivity contribution < 1.29 is 0 Å². The van der Waals surface area contributed by atoms with Crippen LogP contribution in [0.25, 0.3) is 61.5 Å². The SMILES string of the molecule is Cc1ccccc1N(c1ccc2c(c1)C(C)(C)c1cc(/C=C/c3cc4ccc5cccc6c5c4c(c3)n6-c3ccccc3)ccc1-2)c1ccccc1C. The molecule has 0 saturated carbocycles. The minimum absolute atomic E-state index is 0.157. The topological polar surface area (TPSA) is 8.17 Å². The molecule has 0 N–H and O–H groups in total. The maximum Gasteiger partial charge on any atom is 0.0553 e. The number of benzene rings is 8. The molecule has 0 bridgehead atoms. The lowest BCUT2D eigenvalue weighted by atomic mass is 9.81. The number of rotatable bonds is 6. The van der Waals surface area contributed by atoms with Crippen LogP contribution in [0.1, 0.15) is 47.2 Å². The lowest BCUT2D eigenvalue weighted by Gasteiger charge is -2.30.